The van der Waals surface area contributed by atoms with Crippen LogP contribution in [0.1, 0.15) is 29.7 Å². The summed E-state index contributed by atoms with van der Waals surface area (Å²) in [6, 6.07) is 0. The van der Waals surface area contributed by atoms with Crippen LogP contribution in [0.3, 0.4) is 0 Å². The van der Waals surface area contributed by atoms with E-state index in [0.29, 0.717) is 11.1 Å². The molecule has 23 heavy (non-hydrogen) atoms. The van der Waals surface area contributed by atoms with Crippen LogP contribution in [0.5, 0.6) is 0 Å². The topological polar surface area (TPSA) is 49.3 Å². The first-order valence-electron chi connectivity index (χ1n) is 8.13. The van der Waals surface area contributed by atoms with Gasteiger partial charge in [-0.1, -0.05) is 11.6 Å². The molecule has 1 saturated heterocycles. The Morgan fingerprint density at radius 1 is 1.22 bits per heavy atom. The van der Waals surface area contributed by atoms with Gasteiger partial charge in [0.15, 0.2) is 0 Å². The third-order valence-electron chi connectivity index (χ3n) is 4.74. The second kappa shape index (κ2) is 6.34. The lowest BCUT2D eigenvalue weighted by atomic mass is 10.1. The molecule has 0 aromatic carbocycles. The fourth-order valence-electron chi connectivity index (χ4n) is 3.56. The molecule has 0 aliphatic carbocycles. The fourth-order valence-corrected chi connectivity index (χ4v) is 5.09. The Bertz CT molecular complexity index is 747. The summed E-state index contributed by atoms with van der Waals surface area (Å²) in [5.74, 6) is 0.323. The maximum absolute atomic E-state index is 11.6. The minimum atomic E-state index is 0.323. The molecular formula is C16H19ClN4OS. The Balaban J connectivity index is 1.40. The first-order chi connectivity index (χ1) is 11.2. The van der Waals surface area contributed by atoms with Gasteiger partial charge in [-0.3, -0.25) is 9.69 Å². The van der Waals surface area contributed by atoms with Gasteiger partial charge in [-0.2, -0.15) is 0 Å². The van der Waals surface area contributed by atoms with Crippen molar-refractivity contribution < 1.29 is 4.79 Å². The van der Waals surface area contributed by atoms with E-state index in [1.807, 2.05) is 4.90 Å². The zero-order valence-electron chi connectivity index (χ0n) is 12.9. The molecule has 0 radical (unpaired) electrons. The van der Waals surface area contributed by atoms with Crippen molar-refractivity contribution in [1.82, 2.24) is 19.8 Å². The zero-order chi connectivity index (χ0) is 15.8. The SMILES string of the molecule is O=C1CCCN1CCCN1CCc2c(sc3ncnc(Cl)c23)C1. The number of amides is 1. The minimum absolute atomic E-state index is 0.323. The van der Waals surface area contributed by atoms with E-state index in [9.17, 15) is 4.79 Å². The van der Waals surface area contributed by atoms with Crippen molar-refractivity contribution in [2.24, 2.45) is 0 Å². The summed E-state index contributed by atoms with van der Waals surface area (Å²) in [6.45, 7) is 4.87. The van der Waals surface area contributed by atoms with E-state index >= 15 is 0 Å². The Morgan fingerprint density at radius 2 is 2.13 bits per heavy atom. The molecule has 0 unspecified atom stereocenters. The van der Waals surface area contributed by atoms with Crippen LogP contribution in [0.15, 0.2) is 6.33 Å². The summed E-state index contributed by atoms with van der Waals surface area (Å²) in [6.07, 6.45) is 5.35. The summed E-state index contributed by atoms with van der Waals surface area (Å²) < 4.78 is 0. The predicted molar refractivity (Wildman–Crippen MR) is 91.8 cm³/mol. The lowest BCUT2D eigenvalue weighted by Crippen LogP contribution is -2.33. The number of fused-ring (bicyclic) bond motifs is 3. The van der Waals surface area contributed by atoms with Crippen molar-refractivity contribution in [3.05, 3.63) is 21.9 Å². The van der Waals surface area contributed by atoms with E-state index in [-0.39, 0.29) is 0 Å². The molecule has 2 aromatic rings. The molecule has 7 heteroatoms. The summed E-state index contributed by atoms with van der Waals surface area (Å²) in [4.78, 5) is 27.0. The quantitative estimate of drug-likeness (QED) is 0.795. The number of nitrogens with zero attached hydrogens (tertiary/aromatic N) is 4. The fraction of sp³-hybridized carbons (Fsp3) is 0.562. The third-order valence-corrected chi connectivity index (χ3v) is 6.15. The molecule has 2 aromatic heterocycles. The standard InChI is InChI=1S/C16H19ClN4OS/c17-15-14-11-4-8-20(5-2-7-21-6-1-3-13(21)22)9-12(11)23-16(14)19-10-18-15/h10H,1-9H2. The molecule has 4 heterocycles. The second-order valence-corrected chi connectivity index (χ2v) is 7.65. The highest BCUT2D eigenvalue weighted by Crippen LogP contribution is 2.36. The number of hydrogen-bond donors (Lipinski definition) is 0. The first-order valence-corrected chi connectivity index (χ1v) is 9.32. The van der Waals surface area contributed by atoms with Gasteiger partial charge < -0.3 is 4.90 Å². The molecule has 2 aliphatic heterocycles. The summed E-state index contributed by atoms with van der Waals surface area (Å²) in [5, 5.41) is 1.63. The van der Waals surface area contributed by atoms with Gasteiger partial charge in [0.2, 0.25) is 5.91 Å². The molecule has 1 amide bonds. The van der Waals surface area contributed by atoms with Crippen LogP contribution >= 0.6 is 22.9 Å². The molecule has 4 rings (SSSR count). The van der Waals surface area contributed by atoms with Crippen molar-refractivity contribution in [2.75, 3.05) is 26.2 Å². The lowest BCUT2D eigenvalue weighted by molar-refractivity contribution is -0.127. The van der Waals surface area contributed by atoms with Gasteiger partial charge >= 0.3 is 0 Å². The van der Waals surface area contributed by atoms with Crippen molar-refractivity contribution in [2.45, 2.75) is 32.2 Å². The Hall–Kier alpha value is -1.24. The monoisotopic (exact) mass is 350 g/mol. The number of halogens is 1. The van der Waals surface area contributed by atoms with Crippen LogP contribution in [0.4, 0.5) is 0 Å². The van der Waals surface area contributed by atoms with Crippen LogP contribution in [0.2, 0.25) is 5.15 Å². The van der Waals surface area contributed by atoms with Gasteiger partial charge in [0.1, 0.15) is 16.3 Å². The second-order valence-electron chi connectivity index (χ2n) is 6.21. The molecule has 1 fully saturated rings. The number of thiophene rings is 1. The minimum Gasteiger partial charge on any atom is -0.343 e. The van der Waals surface area contributed by atoms with Gasteiger partial charge in [-0.05, 0) is 24.8 Å². The molecule has 122 valence electrons. The van der Waals surface area contributed by atoms with E-state index in [2.05, 4.69) is 14.9 Å². The number of likely N-dealkylation sites (tertiary alicyclic amines) is 1. The van der Waals surface area contributed by atoms with E-state index in [4.69, 9.17) is 11.6 Å². The van der Waals surface area contributed by atoms with Crippen molar-refractivity contribution in [3.8, 4) is 0 Å². The highest BCUT2D eigenvalue weighted by Gasteiger charge is 2.24. The van der Waals surface area contributed by atoms with Gasteiger partial charge in [0, 0.05) is 44.0 Å². The van der Waals surface area contributed by atoms with Crippen LogP contribution in [-0.2, 0) is 17.8 Å². The van der Waals surface area contributed by atoms with E-state index in [1.54, 1.807) is 11.3 Å². The molecule has 0 atom stereocenters. The Kier molecular flexibility index (Phi) is 4.22. The smallest absolute Gasteiger partial charge is 0.222 e. The average Bonchev–Trinajstić information content (AvgIpc) is 3.11. The van der Waals surface area contributed by atoms with E-state index < -0.39 is 0 Å². The molecule has 5 nitrogen and oxygen atoms in total. The summed E-state index contributed by atoms with van der Waals surface area (Å²) in [7, 11) is 0. The molecular weight excluding hydrogens is 332 g/mol. The van der Waals surface area contributed by atoms with Crippen molar-refractivity contribution in [3.63, 3.8) is 0 Å². The van der Waals surface area contributed by atoms with Gasteiger partial charge in [0.25, 0.3) is 0 Å². The largest absolute Gasteiger partial charge is 0.343 e. The Labute approximate surface area is 144 Å². The molecule has 0 saturated carbocycles. The Morgan fingerprint density at radius 3 is 2.96 bits per heavy atom. The maximum Gasteiger partial charge on any atom is 0.222 e. The number of hydrogen-bond acceptors (Lipinski definition) is 5. The highest BCUT2D eigenvalue weighted by atomic mass is 35.5. The number of carbonyl (C=O) groups is 1. The zero-order valence-corrected chi connectivity index (χ0v) is 14.5. The van der Waals surface area contributed by atoms with Crippen LogP contribution < -0.4 is 0 Å². The third kappa shape index (κ3) is 2.95. The molecule has 0 N–H and O–H groups in total. The highest BCUT2D eigenvalue weighted by molar-refractivity contribution is 7.19. The van der Waals surface area contributed by atoms with Crippen LogP contribution in [0.25, 0.3) is 10.2 Å². The van der Waals surface area contributed by atoms with Gasteiger partial charge in [-0.15, -0.1) is 11.3 Å². The molecule has 2 aliphatic rings. The van der Waals surface area contributed by atoms with Gasteiger partial charge in [-0.25, -0.2) is 9.97 Å². The van der Waals surface area contributed by atoms with E-state index in [1.165, 1.54) is 16.8 Å². The van der Waals surface area contributed by atoms with Gasteiger partial charge in [0.05, 0.1) is 5.39 Å². The number of rotatable bonds is 4. The number of aromatic nitrogens is 2. The van der Waals surface area contributed by atoms with Crippen LogP contribution in [-0.4, -0.2) is 51.9 Å². The average molecular weight is 351 g/mol. The first kappa shape index (κ1) is 15.3. The van der Waals surface area contributed by atoms with Crippen molar-refractivity contribution >= 4 is 39.1 Å². The summed E-state index contributed by atoms with van der Waals surface area (Å²) in [5.41, 5.74) is 1.33. The van der Waals surface area contributed by atoms with Crippen molar-refractivity contribution in [1.29, 1.82) is 0 Å². The normalized spacial score (nSPS) is 18.8. The van der Waals surface area contributed by atoms with E-state index in [0.717, 1.165) is 68.6 Å². The number of carbonyl (C=O) groups excluding carboxylic acids is 1. The summed E-state index contributed by atoms with van der Waals surface area (Å²) >= 11 is 7.98. The molecule has 0 spiro atoms. The van der Waals surface area contributed by atoms with Crippen LogP contribution in [0, 0.1) is 0 Å². The lowest BCUT2D eigenvalue weighted by Gasteiger charge is -2.27. The predicted octanol–water partition coefficient (Wildman–Crippen LogP) is 2.72. The molecule has 0 bridgehead atoms. The maximum atomic E-state index is 11.6.